The van der Waals surface area contributed by atoms with Crippen LogP contribution in [0.25, 0.3) is 0 Å². The van der Waals surface area contributed by atoms with E-state index in [0.29, 0.717) is 6.54 Å². The van der Waals surface area contributed by atoms with Crippen molar-refractivity contribution >= 4 is 5.97 Å². The topological polar surface area (TPSA) is 62.0 Å². The number of aliphatic carboxylic acids is 1. The van der Waals surface area contributed by atoms with Crippen molar-refractivity contribution < 1.29 is 9.90 Å². The lowest BCUT2D eigenvalue weighted by Gasteiger charge is -1.96. The van der Waals surface area contributed by atoms with E-state index in [4.69, 9.17) is 5.11 Å². The third-order valence-corrected chi connectivity index (χ3v) is 1.92. The smallest absolute Gasteiger partial charge is 0.327 e. The monoisotopic (exact) mass is 200 g/mol. The van der Waals surface area contributed by atoms with E-state index in [9.17, 15) is 4.79 Å². The average Bonchev–Trinajstić information content (AvgIpc) is 2.15. The van der Waals surface area contributed by atoms with Gasteiger partial charge in [-0.25, -0.2) is 0 Å². The van der Waals surface area contributed by atoms with Gasteiger partial charge >= 0.3 is 5.97 Å². The third kappa shape index (κ3) is 11.1. The molecule has 0 radical (unpaired) electrons. The standard InChI is InChI=1S/C10H20N2O2/c1-2-3-4-5-6-7-8-11-12-9-10(13)14/h2-9H2,1H3,(H,13,14). The summed E-state index contributed by atoms with van der Waals surface area (Å²) in [5.41, 5.74) is 0. The van der Waals surface area contributed by atoms with Crippen LogP contribution < -0.4 is 0 Å². The SMILES string of the molecule is CCCCCCCCN=NCC(=O)O. The van der Waals surface area contributed by atoms with E-state index >= 15 is 0 Å². The lowest BCUT2D eigenvalue weighted by Crippen LogP contribution is -1.98. The summed E-state index contributed by atoms with van der Waals surface area (Å²) in [6, 6.07) is 0. The molecule has 0 aromatic carbocycles. The number of hydrogen-bond acceptors (Lipinski definition) is 3. The Balaban J connectivity index is 3.05. The molecule has 4 heteroatoms. The molecule has 0 fully saturated rings. The number of hydrogen-bond donors (Lipinski definition) is 1. The van der Waals surface area contributed by atoms with Gasteiger partial charge in [0.15, 0.2) is 6.54 Å². The Kier molecular flexibility index (Phi) is 9.48. The second-order valence-electron chi connectivity index (χ2n) is 3.33. The minimum atomic E-state index is -0.920. The van der Waals surface area contributed by atoms with Crippen molar-refractivity contribution in [2.24, 2.45) is 10.2 Å². The maximum atomic E-state index is 10.1. The van der Waals surface area contributed by atoms with Gasteiger partial charge in [0, 0.05) is 0 Å². The van der Waals surface area contributed by atoms with Gasteiger partial charge in [0.05, 0.1) is 6.54 Å². The van der Waals surface area contributed by atoms with Gasteiger partial charge in [-0.2, -0.15) is 10.2 Å². The Morgan fingerprint density at radius 3 is 2.36 bits per heavy atom. The fraction of sp³-hybridized carbons (Fsp3) is 0.900. The van der Waals surface area contributed by atoms with Gasteiger partial charge in [-0.1, -0.05) is 39.0 Å². The van der Waals surface area contributed by atoms with E-state index in [0.717, 1.165) is 6.42 Å². The van der Waals surface area contributed by atoms with E-state index in [2.05, 4.69) is 17.2 Å². The molecule has 0 saturated carbocycles. The van der Waals surface area contributed by atoms with E-state index in [1.165, 1.54) is 32.1 Å². The molecule has 0 aromatic rings. The van der Waals surface area contributed by atoms with Crippen LogP contribution in [0.1, 0.15) is 45.4 Å². The lowest BCUT2D eigenvalue weighted by molar-refractivity contribution is -0.135. The summed E-state index contributed by atoms with van der Waals surface area (Å²) in [5.74, 6) is -0.920. The highest BCUT2D eigenvalue weighted by atomic mass is 16.4. The highest BCUT2D eigenvalue weighted by molar-refractivity contribution is 5.68. The second kappa shape index (κ2) is 10.2. The summed E-state index contributed by atoms with van der Waals surface area (Å²) in [6.45, 7) is 2.66. The van der Waals surface area contributed by atoms with Crippen molar-refractivity contribution in [1.29, 1.82) is 0 Å². The van der Waals surface area contributed by atoms with Crippen molar-refractivity contribution in [3.63, 3.8) is 0 Å². The van der Waals surface area contributed by atoms with E-state index in [1.54, 1.807) is 0 Å². The average molecular weight is 200 g/mol. The fourth-order valence-electron chi connectivity index (χ4n) is 1.14. The van der Waals surface area contributed by atoms with Crippen LogP contribution in [0.2, 0.25) is 0 Å². The Labute approximate surface area is 85.4 Å². The van der Waals surface area contributed by atoms with Gasteiger partial charge in [0.1, 0.15) is 0 Å². The highest BCUT2D eigenvalue weighted by Crippen LogP contribution is 2.04. The third-order valence-electron chi connectivity index (χ3n) is 1.92. The molecule has 0 spiro atoms. The second-order valence-corrected chi connectivity index (χ2v) is 3.33. The van der Waals surface area contributed by atoms with Crippen molar-refractivity contribution in [1.82, 2.24) is 0 Å². The molecule has 0 atom stereocenters. The zero-order chi connectivity index (χ0) is 10.6. The molecular formula is C10H20N2O2. The quantitative estimate of drug-likeness (QED) is 0.459. The van der Waals surface area contributed by atoms with Crippen molar-refractivity contribution in [2.45, 2.75) is 45.4 Å². The number of nitrogens with zero attached hydrogens (tertiary/aromatic N) is 2. The van der Waals surface area contributed by atoms with Crippen molar-refractivity contribution in [3.05, 3.63) is 0 Å². The number of azo groups is 1. The van der Waals surface area contributed by atoms with Gasteiger partial charge in [0.2, 0.25) is 0 Å². The molecule has 0 aliphatic carbocycles. The molecule has 14 heavy (non-hydrogen) atoms. The highest BCUT2D eigenvalue weighted by Gasteiger charge is 1.91. The normalized spacial score (nSPS) is 10.9. The summed E-state index contributed by atoms with van der Waals surface area (Å²) >= 11 is 0. The van der Waals surface area contributed by atoms with Crippen LogP contribution in [-0.2, 0) is 4.79 Å². The van der Waals surface area contributed by atoms with Gasteiger partial charge in [-0.3, -0.25) is 4.79 Å². The summed E-state index contributed by atoms with van der Waals surface area (Å²) < 4.78 is 0. The van der Waals surface area contributed by atoms with E-state index < -0.39 is 5.97 Å². The summed E-state index contributed by atoms with van der Waals surface area (Å²) in [4.78, 5) is 10.1. The summed E-state index contributed by atoms with van der Waals surface area (Å²) in [7, 11) is 0. The van der Waals surface area contributed by atoms with Crippen LogP contribution in [0.4, 0.5) is 0 Å². The van der Waals surface area contributed by atoms with Crippen LogP contribution in [0.5, 0.6) is 0 Å². The molecule has 82 valence electrons. The summed E-state index contributed by atoms with van der Waals surface area (Å²) in [6.07, 6.45) is 7.31. The predicted molar refractivity (Wildman–Crippen MR) is 55.6 cm³/mol. The maximum absolute atomic E-state index is 10.1. The van der Waals surface area contributed by atoms with Crippen LogP contribution in [0.3, 0.4) is 0 Å². The molecular weight excluding hydrogens is 180 g/mol. The van der Waals surface area contributed by atoms with Crippen molar-refractivity contribution in [2.75, 3.05) is 13.1 Å². The zero-order valence-electron chi connectivity index (χ0n) is 8.91. The first-order valence-electron chi connectivity index (χ1n) is 5.32. The Hall–Kier alpha value is -0.930. The van der Waals surface area contributed by atoms with E-state index in [1.807, 2.05) is 0 Å². The first-order chi connectivity index (χ1) is 6.77. The molecule has 4 nitrogen and oxygen atoms in total. The van der Waals surface area contributed by atoms with Gasteiger partial charge in [-0.05, 0) is 6.42 Å². The fourth-order valence-corrected chi connectivity index (χ4v) is 1.14. The Bertz CT molecular complexity index is 170. The molecule has 0 aliphatic heterocycles. The minimum Gasteiger partial charge on any atom is -0.480 e. The molecule has 0 heterocycles. The molecule has 0 unspecified atom stereocenters. The van der Waals surface area contributed by atoms with Gasteiger partial charge in [0.25, 0.3) is 0 Å². The Morgan fingerprint density at radius 2 is 1.71 bits per heavy atom. The molecule has 0 rings (SSSR count). The van der Waals surface area contributed by atoms with Crippen LogP contribution >= 0.6 is 0 Å². The predicted octanol–water partition coefficient (Wildman–Crippen LogP) is 2.88. The number of rotatable bonds is 9. The molecule has 1 N–H and O–H groups in total. The molecule has 0 saturated heterocycles. The number of unbranched alkanes of at least 4 members (excludes halogenated alkanes) is 5. The number of carboxylic acid groups (broad SMARTS) is 1. The molecule has 0 aromatic heterocycles. The summed E-state index contributed by atoms with van der Waals surface area (Å²) in [5, 5.41) is 15.6. The van der Waals surface area contributed by atoms with Crippen LogP contribution in [-0.4, -0.2) is 24.2 Å². The number of carboxylic acids is 1. The van der Waals surface area contributed by atoms with Crippen LogP contribution in [0, 0.1) is 0 Å². The van der Waals surface area contributed by atoms with Crippen molar-refractivity contribution in [3.8, 4) is 0 Å². The minimum absolute atomic E-state index is 0.199. The first kappa shape index (κ1) is 13.1. The lowest BCUT2D eigenvalue weighted by atomic mass is 10.1. The van der Waals surface area contributed by atoms with Gasteiger partial charge < -0.3 is 5.11 Å². The Morgan fingerprint density at radius 1 is 1.07 bits per heavy atom. The van der Waals surface area contributed by atoms with E-state index in [-0.39, 0.29) is 6.54 Å². The van der Waals surface area contributed by atoms with Gasteiger partial charge in [-0.15, -0.1) is 0 Å². The number of carbonyl (C=O) groups is 1. The first-order valence-corrected chi connectivity index (χ1v) is 5.32. The maximum Gasteiger partial charge on any atom is 0.327 e. The molecule has 0 aliphatic rings. The molecule has 0 amide bonds. The molecule has 0 bridgehead atoms. The largest absolute Gasteiger partial charge is 0.480 e. The zero-order valence-corrected chi connectivity index (χ0v) is 8.91. The van der Waals surface area contributed by atoms with Crippen LogP contribution in [0.15, 0.2) is 10.2 Å².